The first-order chi connectivity index (χ1) is 10.2. The standard InChI is InChI=1S/C16H16Br2O2S/c1-19-15-7-14(18)16(8-13(15)17)20-9-12(10-21)11-5-3-2-4-6-11/h2-8,12,21H,9-10H2,1H3. The van der Waals surface area contributed by atoms with Crippen LogP contribution in [-0.2, 0) is 0 Å². The SMILES string of the molecule is COc1cc(Br)c(OCC(CS)c2ccccc2)cc1Br. The van der Waals surface area contributed by atoms with Gasteiger partial charge in [-0.1, -0.05) is 30.3 Å². The summed E-state index contributed by atoms with van der Waals surface area (Å²) in [4.78, 5) is 0. The van der Waals surface area contributed by atoms with Gasteiger partial charge in [0.1, 0.15) is 11.5 Å². The number of benzene rings is 2. The Labute approximate surface area is 147 Å². The largest absolute Gasteiger partial charge is 0.496 e. The fourth-order valence-electron chi connectivity index (χ4n) is 1.95. The van der Waals surface area contributed by atoms with Gasteiger partial charge in [-0.3, -0.25) is 0 Å². The second-order valence-corrected chi connectivity index (χ2v) is 6.59. The summed E-state index contributed by atoms with van der Waals surface area (Å²) in [5, 5.41) is 0. The summed E-state index contributed by atoms with van der Waals surface area (Å²) in [5.41, 5.74) is 1.23. The van der Waals surface area contributed by atoms with Crippen molar-refractivity contribution >= 4 is 44.5 Å². The van der Waals surface area contributed by atoms with Crippen LogP contribution in [0.4, 0.5) is 0 Å². The molecule has 112 valence electrons. The molecule has 2 aromatic carbocycles. The first-order valence-corrected chi connectivity index (χ1v) is 8.69. The molecule has 2 aromatic rings. The third-order valence-electron chi connectivity index (χ3n) is 3.14. The van der Waals surface area contributed by atoms with Gasteiger partial charge in [0.15, 0.2) is 0 Å². The lowest BCUT2D eigenvalue weighted by Crippen LogP contribution is -2.12. The maximum atomic E-state index is 5.94. The van der Waals surface area contributed by atoms with Crippen molar-refractivity contribution in [3.8, 4) is 11.5 Å². The van der Waals surface area contributed by atoms with E-state index in [2.05, 4.69) is 56.6 Å². The Bertz CT molecular complexity index is 590. The van der Waals surface area contributed by atoms with Gasteiger partial charge in [0.25, 0.3) is 0 Å². The van der Waals surface area contributed by atoms with E-state index in [4.69, 9.17) is 9.47 Å². The molecule has 1 unspecified atom stereocenters. The van der Waals surface area contributed by atoms with E-state index in [-0.39, 0.29) is 5.92 Å². The molecule has 5 heteroatoms. The van der Waals surface area contributed by atoms with Gasteiger partial charge in [-0.25, -0.2) is 0 Å². The molecule has 0 aliphatic carbocycles. The highest BCUT2D eigenvalue weighted by molar-refractivity contribution is 9.11. The molecule has 21 heavy (non-hydrogen) atoms. The molecule has 0 spiro atoms. The van der Waals surface area contributed by atoms with Crippen LogP contribution in [0.15, 0.2) is 51.4 Å². The van der Waals surface area contributed by atoms with Crippen molar-refractivity contribution in [1.29, 1.82) is 0 Å². The van der Waals surface area contributed by atoms with Crippen LogP contribution in [0.1, 0.15) is 11.5 Å². The van der Waals surface area contributed by atoms with E-state index in [0.717, 1.165) is 26.2 Å². The Balaban J connectivity index is 2.10. The molecule has 0 amide bonds. The quantitative estimate of drug-likeness (QED) is 0.624. The Morgan fingerprint density at radius 1 is 1.05 bits per heavy atom. The molecule has 1 atom stereocenters. The Morgan fingerprint density at radius 2 is 1.67 bits per heavy atom. The molecule has 0 radical (unpaired) electrons. The van der Waals surface area contributed by atoms with Crippen LogP contribution in [0, 0.1) is 0 Å². The van der Waals surface area contributed by atoms with Crippen LogP contribution in [0.25, 0.3) is 0 Å². The van der Waals surface area contributed by atoms with E-state index < -0.39 is 0 Å². The van der Waals surface area contributed by atoms with Crippen molar-refractivity contribution in [3.05, 3.63) is 57.0 Å². The van der Waals surface area contributed by atoms with Gasteiger partial charge in [0.2, 0.25) is 0 Å². The minimum Gasteiger partial charge on any atom is -0.496 e. The first-order valence-electron chi connectivity index (χ1n) is 6.47. The molecule has 2 rings (SSSR count). The van der Waals surface area contributed by atoms with Gasteiger partial charge >= 0.3 is 0 Å². The second-order valence-electron chi connectivity index (χ2n) is 4.52. The smallest absolute Gasteiger partial charge is 0.134 e. The minimum absolute atomic E-state index is 0.252. The van der Waals surface area contributed by atoms with Crippen LogP contribution >= 0.6 is 44.5 Å². The number of methoxy groups -OCH3 is 1. The van der Waals surface area contributed by atoms with Gasteiger partial charge in [0.05, 0.1) is 22.7 Å². The van der Waals surface area contributed by atoms with E-state index >= 15 is 0 Å². The lowest BCUT2D eigenvalue weighted by molar-refractivity contribution is 0.295. The zero-order valence-electron chi connectivity index (χ0n) is 11.6. The van der Waals surface area contributed by atoms with Crippen molar-refractivity contribution in [2.45, 2.75) is 5.92 Å². The predicted molar refractivity (Wildman–Crippen MR) is 96.9 cm³/mol. The van der Waals surface area contributed by atoms with Crippen LogP contribution < -0.4 is 9.47 Å². The average Bonchev–Trinajstić information content (AvgIpc) is 2.51. The van der Waals surface area contributed by atoms with Crippen molar-refractivity contribution < 1.29 is 9.47 Å². The summed E-state index contributed by atoms with van der Waals surface area (Å²) in [6.45, 7) is 0.574. The minimum atomic E-state index is 0.252. The molecule has 0 heterocycles. The summed E-state index contributed by atoms with van der Waals surface area (Å²) in [6.07, 6.45) is 0. The molecule has 0 saturated carbocycles. The number of thiol groups is 1. The molecule has 0 N–H and O–H groups in total. The van der Waals surface area contributed by atoms with E-state index in [1.807, 2.05) is 30.3 Å². The number of rotatable bonds is 6. The maximum Gasteiger partial charge on any atom is 0.134 e. The highest BCUT2D eigenvalue weighted by atomic mass is 79.9. The van der Waals surface area contributed by atoms with Crippen molar-refractivity contribution in [3.63, 3.8) is 0 Å². The monoisotopic (exact) mass is 430 g/mol. The molecule has 0 aromatic heterocycles. The zero-order valence-corrected chi connectivity index (χ0v) is 15.6. The lowest BCUT2D eigenvalue weighted by atomic mass is 10.0. The highest BCUT2D eigenvalue weighted by Gasteiger charge is 2.13. The fraction of sp³-hybridized carbons (Fsp3) is 0.250. The van der Waals surface area contributed by atoms with Crippen LogP contribution in [-0.4, -0.2) is 19.5 Å². The van der Waals surface area contributed by atoms with Crippen molar-refractivity contribution in [2.24, 2.45) is 0 Å². The first kappa shape index (κ1) is 16.7. The second kappa shape index (κ2) is 8.11. The van der Waals surface area contributed by atoms with Crippen LogP contribution in [0.2, 0.25) is 0 Å². The number of ether oxygens (including phenoxy) is 2. The molecule has 0 bridgehead atoms. The molecule has 2 nitrogen and oxygen atoms in total. The number of hydrogen-bond acceptors (Lipinski definition) is 3. The lowest BCUT2D eigenvalue weighted by Gasteiger charge is -2.17. The third kappa shape index (κ3) is 4.41. The van der Waals surface area contributed by atoms with E-state index in [1.54, 1.807) is 7.11 Å². The number of hydrogen-bond donors (Lipinski definition) is 1. The van der Waals surface area contributed by atoms with Gasteiger partial charge in [-0.2, -0.15) is 12.6 Å². The molecular formula is C16H16Br2O2S. The zero-order chi connectivity index (χ0) is 15.2. The van der Waals surface area contributed by atoms with Gasteiger partial charge < -0.3 is 9.47 Å². The van der Waals surface area contributed by atoms with Crippen LogP contribution in [0.5, 0.6) is 11.5 Å². The molecule has 0 saturated heterocycles. The molecule has 0 aliphatic rings. The summed E-state index contributed by atoms with van der Waals surface area (Å²) >= 11 is 11.4. The van der Waals surface area contributed by atoms with Crippen molar-refractivity contribution in [1.82, 2.24) is 0 Å². The predicted octanol–water partition coefficient (Wildman–Crippen LogP) is 5.31. The Hall–Kier alpha value is -0.650. The van der Waals surface area contributed by atoms with Crippen molar-refractivity contribution in [2.75, 3.05) is 19.5 Å². The van der Waals surface area contributed by atoms with Crippen LogP contribution in [0.3, 0.4) is 0 Å². The molecular weight excluding hydrogens is 416 g/mol. The summed E-state index contributed by atoms with van der Waals surface area (Å²) < 4.78 is 12.9. The van der Waals surface area contributed by atoms with Gasteiger partial charge in [-0.05, 0) is 49.6 Å². The fourth-order valence-corrected chi connectivity index (χ4v) is 3.18. The van der Waals surface area contributed by atoms with E-state index in [9.17, 15) is 0 Å². The summed E-state index contributed by atoms with van der Waals surface area (Å²) in [6, 6.07) is 14.1. The normalized spacial score (nSPS) is 12.0. The Morgan fingerprint density at radius 3 is 2.29 bits per heavy atom. The van der Waals surface area contributed by atoms with E-state index in [0.29, 0.717) is 6.61 Å². The third-order valence-corrected chi connectivity index (χ3v) is 4.82. The van der Waals surface area contributed by atoms with Gasteiger partial charge in [0, 0.05) is 11.7 Å². The maximum absolute atomic E-state index is 5.94. The van der Waals surface area contributed by atoms with E-state index in [1.165, 1.54) is 5.56 Å². The molecule has 0 aliphatic heterocycles. The average molecular weight is 432 g/mol. The summed E-state index contributed by atoms with van der Waals surface area (Å²) in [7, 11) is 1.64. The number of halogens is 2. The highest BCUT2D eigenvalue weighted by Crippen LogP contribution is 2.36. The summed E-state index contributed by atoms with van der Waals surface area (Å²) in [5.74, 6) is 2.54. The molecule has 0 fully saturated rings. The topological polar surface area (TPSA) is 18.5 Å². The van der Waals surface area contributed by atoms with Gasteiger partial charge in [-0.15, -0.1) is 0 Å². The Kier molecular flexibility index (Phi) is 6.45.